The molecule has 0 bridgehead atoms. The van der Waals surface area contributed by atoms with Crippen LogP contribution in [0.15, 0.2) is 29.2 Å². The van der Waals surface area contributed by atoms with E-state index < -0.39 is 21.9 Å². The lowest BCUT2D eigenvalue weighted by molar-refractivity contribution is 0.0696. The molecule has 0 spiro atoms. The molecule has 94 valence electrons. The zero-order chi connectivity index (χ0) is 13.1. The van der Waals surface area contributed by atoms with E-state index in [9.17, 15) is 13.2 Å². The maximum Gasteiger partial charge on any atom is 0.335 e. The number of carboxylic acids is 1. The molecular formula is C11H14O5S. The van der Waals surface area contributed by atoms with E-state index in [2.05, 4.69) is 0 Å². The van der Waals surface area contributed by atoms with E-state index in [0.717, 1.165) is 0 Å². The molecular weight excluding hydrogens is 244 g/mol. The molecule has 0 aliphatic carbocycles. The van der Waals surface area contributed by atoms with Crippen molar-refractivity contribution in [3.05, 3.63) is 29.8 Å². The van der Waals surface area contributed by atoms with Gasteiger partial charge in [-0.1, -0.05) is 0 Å². The minimum atomic E-state index is -3.43. The number of carboxylic acid groups (broad SMARTS) is 1. The molecule has 0 saturated carbocycles. The van der Waals surface area contributed by atoms with Crippen LogP contribution in [0.4, 0.5) is 0 Å². The first-order valence-corrected chi connectivity index (χ1v) is 6.61. The zero-order valence-corrected chi connectivity index (χ0v) is 10.4. The Hall–Kier alpha value is -1.40. The first-order valence-electron chi connectivity index (χ1n) is 4.95. The molecule has 0 saturated heterocycles. The summed E-state index contributed by atoms with van der Waals surface area (Å²) in [5.41, 5.74) is 0.0590. The molecule has 1 atom stereocenters. The zero-order valence-electron chi connectivity index (χ0n) is 9.58. The number of rotatable bonds is 5. The Morgan fingerprint density at radius 1 is 1.35 bits per heavy atom. The standard InChI is InChI=1S/C11H14O5S/c1-8(16-2)7-17(14,15)10-5-3-9(4-6-10)11(12)13/h3-6,8H,7H2,1-2H3,(H,12,13). The van der Waals surface area contributed by atoms with Crippen molar-refractivity contribution in [1.29, 1.82) is 0 Å². The summed E-state index contributed by atoms with van der Waals surface area (Å²) < 4.78 is 28.6. The summed E-state index contributed by atoms with van der Waals surface area (Å²) in [6, 6.07) is 5.13. The first kappa shape index (κ1) is 13.7. The van der Waals surface area contributed by atoms with E-state index in [1.807, 2.05) is 0 Å². The number of sulfone groups is 1. The molecule has 0 aliphatic rings. The second-order valence-corrected chi connectivity index (χ2v) is 5.69. The maximum absolute atomic E-state index is 11.9. The van der Waals surface area contributed by atoms with Crippen LogP contribution in [0.1, 0.15) is 17.3 Å². The fourth-order valence-corrected chi connectivity index (χ4v) is 2.78. The van der Waals surface area contributed by atoms with Crippen LogP contribution in [0.2, 0.25) is 0 Å². The van der Waals surface area contributed by atoms with Gasteiger partial charge in [0.05, 0.1) is 22.3 Å². The van der Waals surface area contributed by atoms with Gasteiger partial charge in [-0.05, 0) is 31.2 Å². The van der Waals surface area contributed by atoms with Crippen LogP contribution in [0, 0.1) is 0 Å². The van der Waals surface area contributed by atoms with Crippen LogP contribution < -0.4 is 0 Å². The van der Waals surface area contributed by atoms with Crippen LogP contribution in [0.5, 0.6) is 0 Å². The van der Waals surface area contributed by atoms with Gasteiger partial charge in [-0.3, -0.25) is 0 Å². The lowest BCUT2D eigenvalue weighted by atomic mass is 10.2. The van der Waals surface area contributed by atoms with E-state index in [4.69, 9.17) is 9.84 Å². The molecule has 17 heavy (non-hydrogen) atoms. The van der Waals surface area contributed by atoms with E-state index in [-0.39, 0.29) is 16.2 Å². The number of ether oxygens (including phenoxy) is 1. The molecule has 0 fully saturated rings. The Morgan fingerprint density at radius 2 is 1.88 bits per heavy atom. The molecule has 1 aromatic rings. The van der Waals surface area contributed by atoms with Gasteiger partial charge in [0, 0.05) is 7.11 Å². The van der Waals surface area contributed by atoms with Gasteiger partial charge in [0.1, 0.15) is 0 Å². The van der Waals surface area contributed by atoms with E-state index in [1.54, 1.807) is 6.92 Å². The van der Waals surface area contributed by atoms with Gasteiger partial charge in [0.2, 0.25) is 0 Å². The number of carbonyl (C=O) groups is 1. The molecule has 0 heterocycles. The predicted octanol–water partition coefficient (Wildman–Crippen LogP) is 1.19. The van der Waals surface area contributed by atoms with Crippen molar-refractivity contribution in [2.75, 3.05) is 12.9 Å². The maximum atomic E-state index is 11.9. The molecule has 1 unspecified atom stereocenters. The average molecular weight is 258 g/mol. The molecule has 5 nitrogen and oxygen atoms in total. The van der Waals surface area contributed by atoms with Gasteiger partial charge in [0.15, 0.2) is 9.84 Å². The third-order valence-corrected chi connectivity index (χ3v) is 4.22. The van der Waals surface area contributed by atoms with E-state index in [0.29, 0.717) is 0 Å². The van der Waals surface area contributed by atoms with Crippen LogP contribution in [-0.2, 0) is 14.6 Å². The Morgan fingerprint density at radius 3 is 2.29 bits per heavy atom. The average Bonchev–Trinajstić information content (AvgIpc) is 2.28. The van der Waals surface area contributed by atoms with Crippen LogP contribution >= 0.6 is 0 Å². The van der Waals surface area contributed by atoms with Gasteiger partial charge < -0.3 is 9.84 Å². The Balaban J connectivity index is 2.96. The summed E-state index contributed by atoms with van der Waals surface area (Å²) in [5.74, 6) is -1.21. The monoisotopic (exact) mass is 258 g/mol. The summed E-state index contributed by atoms with van der Waals surface area (Å²) >= 11 is 0. The third-order valence-electron chi connectivity index (χ3n) is 2.32. The normalized spacial score (nSPS) is 13.3. The van der Waals surface area contributed by atoms with E-state index in [1.165, 1.54) is 31.4 Å². The van der Waals surface area contributed by atoms with E-state index >= 15 is 0 Å². The summed E-state index contributed by atoms with van der Waals surface area (Å²) in [4.78, 5) is 10.7. The molecule has 1 N–H and O–H groups in total. The summed E-state index contributed by atoms with van der Waals surface area (Å²) in [5, 5.41) is 8.69. The van der Waals surface area contributed by atoms with Gasteiger partial charge in [-0.25, -0.2) is 13.2 Å². The molecule has 0 aromatic heterocycles. The smallest absolute Gasteiger partial charge is 0.335 e. The van der Waals surface area contributed by atoms with Gasteiger partial charge in [-0.2, -0.15) is 0 Å². The van der Waals surface area contributed by atoms with Crippen LogP contribution in [0.25, 0.3) is 0 Å². The molecule has 0 aliphatic heterocycles. The number of hydrogen-bond acceptors (Lipinski definition) is 4. The SMILES string of the molecule is COC(C)CS(=O)(=O)c1ccc(C(=O)O)cc1. The number of aromatic carboxylic acids is 1. The molecule has 6 heteroatoms. The number of hydrogen-bond donors (Lipinski definition) is 1. The molecule has 0 amide bonds. The van der Waals surface area contributed by atoms with Crippen molar-refractivity contribution in [2.24, 2.45) is 0 Å². The number of methoxy groups -OCH3 is 1. The quantitative estimate of drug-likeness (QED) is 0.858. The highest BCUT2D eigenvalue weighted by atomic mass is 32.2. The number of benzene rings is 1. The van der Waals surface area contributed by atoms with Crippen LogP contribution in [-0.4, -0.2) is 38.5 Å². The minimum absolute atomic E-state index is 0.0590. The van der Waals surface area contributed by atoms with Crippen molar-refractivity contribution in [2.45, 2.75) is 17.9 Å². The van der Waals surface area contributed by atoms with Crippen molar-refractivity contribution in [1.82, 2.24) is 0 Å². The summed E-state index contributed by atoms with van der Waals surface area (Å²) in [7, 11) is -1.99. The fourth-order valence-electron chi connectivity index (χ4n) is 1.28. The third kappa shape index (κ3) is 3.54. The van der Waals surface area contributed by atoms with Crippen molar-refractivity contribution in [3.8, 4) is 0 Å². The summed E-state index contributed by atoms with van der Waals surface area (Å²) in [6.07, 6.45) is -0.404. The minimum Gasteiger partial charge on any atom is -0.478 e. The highest BCUT2D eigenvalue weighted by Gasteiger charge is 2.18. The Kier molecular flexibility index (Phi) is 4.25. The Labute approximate surface area is 100.0 Å². The van der Waals surface area contributed by atoms with Gasteiger partial charge in [-0.15, -0.1) is 0 Å². The second kappa shape index (κ2) is 5.29. The van der Waals surface area contributed by atoms with Crippen molar-refractivity contribution >= 4 is 15.8 Å². The first-order chi connectivity index (χ1) is 7.86. The predicted molar refractivity (Wildman–Crippen MR) is 61.9 cm³/mol. The molecule has 1 rings (SSSR count). The topological polar surface area (TPSA) is 80.7 Å². The molecule has 0 radical (unpaired) electrons. The van der Waals surface area contributed by atoms with Crippen molar-refractivity contribution in [3.63, 3.8) is 0 Å². The summed E-state index contributed by atoms with van der Waals surface area (Å²) in [6.45, 7) is 1.66. The van der Waals surface area contributed by atoms with Gasteiger partial charge in [0.25, 0.3) is 0 Å². The lowest BCUT2D eigenvalue weighted by Crippen LogP contribution is -2.20. The largest absolute Gasteiger partial charge is 0.478 e. The second-order valence-electron chi connectivity index (χ2n) is 3.66. The Bertz CT molecular complexity index is 489. The highest BCUT2D eigenvalue weighted by molar-refractivity contribution is 7.91. The molecule has 1 aromatic carbocycles. The highest BCUT2D eigenvalue weighted by Crippen LogP contribution is 2.14. The fraction of sp³-hybridized carbons (Fsp3) is 0.364. The van der Waals surface area contributed by atoms with Crippen LogP contribution in [0.3, 0.4) is 0 Å². The van der Waals surface area contributed by atoms with Gasteiger partial charge >= 0.3 is 5.97 Å². The van der Waals surface area contributed by atoms with Crippen molar-refractivity contribution < 1.29 is 23.1 Å². The lowest BCUT2D eigenvalue weighted by Gasteiger charge is -2.10.